The van der Waals surface area contributed by atoms with Crippen LogP contribution in [0.15, 0.2) is 59.7 Å². The van der Waals surface area contributed by atoms with Gasteiger partial charge in [0, 0.05) is 24.0 Å². The van der Waals surface area contributed by atoms with Gasteiger partial charge in [0.05, 0.1) is 37.2 Å². The number of hydrazone groups is 1. The lowest BCUT2D eigenvalue weighted by Gasteiger charge is -2.45. The van der Waals surface area contributed by atoms with Crippen molar-refractivity contribution in [3.63, 3.8) is 0 Å². The lowest BCUT2D eigenvalue weighted by molar-refractivity contribution is -0.144. The Morgan fingerprint density at radius 2 is 1.74 bits per heavy atom. The molecule has 7 atom stereocenters. The summed E-state index contributed by atoms with van der Waals surface area (Å²) in [5.41, 5.74) is 4.48. The lowest BCUT2D eigenvalue weighted by atomic mass is 9.60. The van der Waals surface area contributed by atoms with Gasteiger partial charge in [0.1, 0.15) is 12.4 Å². The van der Waals surface area contributed by atoms with Gasteiger partial charge in [-0.1, -0.05) is 42.5 Å². The molecule has 3 N–H and O–H groups in total. The summed E-state index contributed by atoms with van der Waals surface area (Å²) in [5.74, 6) is -2.27. The first kappa shape index (κ1) is 26.8. The molecule has 3 aliphatic rings. The maximum Gasteiger partial charge on any atom is 0.428 e. The molecule has 3 amide bonds. The largest absolute Gasteiger partial charge is 0.497 e. The number of ether oxygens (including phenoxy) is 2. The normalized spacial score (nSPS) is 29.9. The summed E-state index contributed by atoms with van der Waals surface area (Å²) in [6.45, 7) is 1.85. The molecule has 39 heavy (non-hydrogen) atoms. The number of fused-ring (bicyclic) bond motifs is 3. The molecule has 10 nitrogen and oxygen atoms in total. The molecule has 2 aromatic carbocycles. The third-order valence-electron chi connectivity index (χ3n) is 8.30. The quantitative estimate of drug-likeness (QED) is 0.382. The third-order valence-corrected chi connectivity index (χ3v) is 8.30. The average molecular weight is 536 g/mol. The molecule has 5 rings (SSSR count). The number of likely N-dealkylation sites (tertiary alicyclic amines) is 1. The number of hydrogen-bond donors (Lipinski definition) is 3. The fourth-order valence-electron chi connectivity index (χ4n) is 6.30. The summed E-state index contributed by atoms with van der Waals surface area (Å²) in [6, 6.07) is 16.0. The molecule has 0 radical (unpaired) electrons. The van der Waals surface area contributed by atoms with E-state index in [0.717, 1.165) is 11.1 Å². The molecule has 1 aliphatic heterocycles. The standard InChI is InChI=1S/C29H33N3O7/c1-16(18-6-4-3-5-7-18)32-27(35)21-13-12-20-22(14-23(33)26(34)24(20)25(21)28(32)36)30-31-29(37)39-15-17-8-10-19(38-2)11-9-17/h3-11,16,20-21,23-26,33-34H,12-15H2,1-2H3,(H,31,37)/t16-,20+,21+,23+,24-,25+,26+/m0/s1. The molecule has 2 aromatic rings. The van der Waals surface area contributed by atoms with Crippen LogP contribution in [0.4, 0.5) is 4.79 Å². The Morgan fingerprint density at radius 3 is 2.44 bits per heavy atom. The third kappa shape index (κ3) is 5.14. The summed E-state index contributed by atoms with van der Waals surface area (Å²) in [5, 5.41) is 25.9. The molecule has 10 heteroatoms. The fraction of sp³-hybridized carbons (Fsp3) is 0.448. The SMILES string of the molecule is COc1ccc(COC(=O)NN=C2C[C@@H](O)[C@@H](O)[C@@H]3[C@@H]4C(=O)N([C@@H](C)c5ccccc5)C(=O)[C@@H]4CC[C@H]23)cc1. The molecule has 0 unspecified atom stereocenters. The zero-order chi connectivity index (χ0) is 27.7. The number of nitrogens with one attached hydrogen (secondary N) is 1. The van der Waals surface area contributed by atoms with Gasteiger partial charge in [0.25, 0.3) is 0 Å². The second kappa shape index (κ2) is 11.2. The molecule has 0 spiro atoms. The fourth-order valence-corrected chi connectivity index (χ4v) is 6.30. The molecule has 0 aromatic heterocycles. The van der Waals surface area contributed by atoms with Gasteiger partial charge in [-0.05, 0) is 43.0 Å². The van der Waals surface area contributed by atoms with E-state index < -0.39 is 42.1 Å². The van der Waals surface area contributed by atoms with Crippen molar-refractivity contribution in [3.8, 4) is 5.75 Å². The topological polar surface area (TPSA) is 138 Å². The molecule has 1 saturated heterocycles. The summed E-state index contributed by atoms with van der Waals surface area (Å²) < 4.78 is 10.4. The van der Waals surface area contributed by atoms with E-state index >= 15 is 0 Å². The number of nitrogens with zero attached hydrogens (tertiary/aromatic N) is 2. The van der Waals surface area contributed by atoms with Crippen LogP contribution < -0.4 is 10.2 Å². The van der Waals surface area contributed by atoms with Crippen LogP contribution in [0.1, 0.15) is 43.4 Å². The van der Waals surface area contributed by atoms with Crippen LogP contribution in [0.5, 0.6) is 5.75 Å². The van der Waals surface area contributed by atoms with Gasteiger partial charge in [0.15, 0.2) is 0 Å². The number of hydrogen-bond acceptors (Lipinski definition) is 8. The van der Waals surface area contributed by atoms with Gasteiger partial charge in [-0.2, -0.15) is 5.10 Å². The van der Waals surface area contributed by atoms with Crippen molar-refractivity contribution >= 4 is 23.6 Å². The van der Waals surface area contributed by atoms with E-state index in [2.05, 4.69) is 10.5 Å². The number of imide groups is 1. The number of aliphatic hydroxyl groups excluding tert-OH is 2. The number of methoxy groups -OCH3 is 1. The molecule has 206 valence electrons. The minimum Gasteiger partial charge on any atom is -0.497 e. The highest BCUT2D eigenvalue weighted by atomic mass is 16.6. The van der Waals surface area contributed by atoms with Gasteiger partial charge in [0.2, 0.25) is 11.8 Å². The Labute approximate surface area is 226 Å². The molecular formula is C29H33N3O7. The maximum absolute atomic E-state index is 13.7. The van der Waals surface area contributed by atoms with Gasteiger partial charge >= 0.3 is 6.09 Å². The van der Waals surface area contributed by atoms with Crippen molar-refractivity contribution in [2.45, 2.75) is 51.0 Å². The van der Waals surface area contributed by atoms with E-state index in [1.54, 1.807) is 31.4 Å². The molecule has 3 fully saturated rings. The molecular weight excluding hydrogens is 502 g/mol. The Balaban J connectivity index is 1.30. The lowest BCUT2D eigenvalue weighted by Crippen LogP contribution is -2.55. The highest BCUT2D eigenvalue weighted by Gasteiger charge is 2.60. The van der Waals surface area contributed by atoms with Crippen LogP contribution in [0.2, 0.25) is 0 Å². The maximum atomic E-state index is 13.7. The Morgan fingerprint density at radius 1 is 1.05 bits per heavy atom. The second-order valence-electron chi connectivity index (χ2n) is 10.4. The average Bonchev–Trinajstić information content (AvgIpc) is 3.22. The predicted molar refractivity (Wildman–Crippen MR) is 140 cm³/mol. The number of carbonyl (C=O) groups is 3. The van der Waals surface area contributed by atoms with Crippen LogP contribution in [-0.4, -0.2) is 58.0 Å². The van der Waals surface area contributed by atoms with E-state index in [4.69, 9.17) is 9.47 Å². The number of benzene rings is 2. The zero-order valence-corrected chi connectivity index (χ0v) is 21.9. The monoisotopic (exact) mass is 535 g/mol. The van der Waals surface area contributed by atoms with Gasteiger partial charge in [-0.25, -0.2) is 10.2 Å². The van der Waals surface area contributed by atoms with Crippen molar-refractivity contribution in [1.82, 2.24) is 10.3 Å². The summed E-state index contributed by atoms with van der Waals surface area (Å²) in [4.78, 5) is 40.7. The minimum atomic E-state index is -1.19. The number of amides is 3. The van der Waals surface area contributed by atoms with Crippen molar-refractivity contribution in [3.05, 3.63) is 65.7 Å². The van der Waals surface area contributed by atoms with E-state index in [1.165, 1.54) is 4.90 Å². The van der Waals surface area contributed by atoms with E-state index in [0.29, 0.717) is 24.3 Å². The van der Waals surface area contributed by atoms with Crippen LogP contribution in [0, 0.1) is 23.7 Å². The Bertz CT molecular complexity index is 1250. The van der Waals surface area contributed by atoms with Crippen LogP contribution in [-0.2, 0) is 20.9 Å². The minimum absolute atomic E-state index is 0.0316. The van der Waals surface area contributed by atoms with Gasteiger partial charge in [-0.3, -0.25) is 14.5 Å². The summed E-state index contributed by atoms with van der Waals surface area (Å²) >= 11 is 0. The summed E-state index contributed by atoms with van der Waals surface area (Å²) in [6.07, 6.45) is -2.12. The number of aliphatic hydroxyl groups is 2. The van der Waals surface area contributed by atoms with Crippen molar-refractivity contribution in [1.29, 1.82) is 0 Å². The van der Waals surface area contributed by atoms with Crippen molar-refractivity contribution in [2.75, 3.05) is 7.11 Å². The van der Waals surface area contributed by atoms with E-state index in [-0.39, 0.29) is 30.8 Å². The predicted octanol–water partition coefficient (Wildman–Crippen LogP) is 2.79. The highest BCUT2D eigenvalue weighted by Crippen LogP contribution is 2.50. The van der Waals surface area contributed by atoms with E-state index in [9.17, 15) is 24.6 Å². The molecule has 1 heterocycles. The first-order valence-electron chi connectivity index (χ1n) is 13.2. The van der Waals surface area contributed by atoms with Crippen LogP contribution >= 0.6 is 0 Å². The number of carbonyl (C=O) groups excluding carboxylic acids is 3. The van der Waals surface area contributed by atoms with Gasteiger partial charge < -0.3 is 19.7 Å². The Kier molecular flexibility index (Phi) is 7.67. The molecule has 0 bridgehead atoms. The first-order chi connectivity index (χ1) is 18.8. The van der Waals surface area contributed by atoms with Gasteiger partial charge in [-0.15, -0.1) is 0 Å². The van der Waals surface area contributed by atoms with Crippen molar-refractivity contribution in [2.24, 2.45) is 28.8 Å². The zero-order valence-electron chi connectivity index (χ0n) is 21.9. The molecule has 2 saturated carbocycles. The first-order valence-corrected chi connectivity index (χ1v) is 13.2. The second-order valence-corrected chi connectivity index (χ2v) is 10.4. The van der Waals surface area contributed by atoms with E-state index in [1.807, 2.05) is 37.3 Å². The summed E-state index contributed by atoms with van der Waals surface area (Å²) in [7, 11) is 1.57. The Hall–Kier alpha value is -3.76. The van der Waals surface area contributed by atoms with Crippen LogP contribution in [0.3, 0.4) is 0 Å². The molecule has 2 aliphatic carbocycles. The highest BCUT2D eigenvalue weighted by molar-refractivity contribution is 6.06. The van der Waals surface area contributed by atoms with Crippen LogP contribution in [0.25, 0.3) is 0 Å². The number of rotatable bonds is 6. The van der Waals surface area contributed by atoms with Crippen molar-refractivity contribution < 1.29 is 34.1 Å². The smallest absolute Gasteiger partial charge is 0.428 e.